The number of allylic oxidation sites excluding steroid dienone is 1. The first-order valence-corrected chi connectivity index (χ1v) is 4.88. The van der Waals surface area contributed by atoms with E-state index in [2.05, 4.69) is 56.2 Å². The molecule has 3 nitrogen and oxygen atoms in total. The van der Waals surface area contributed by atoms with E-state index in [0.717, 1.165) is 13.1 Å². The van der Waals surface area contributed by atoms with Crippen LogP contribution < -0.4 is 5.32 Å². The molecule has 0 aromatic heterocycles. The molecule has 0 aromatic carbocycles. The van der Waals surface area contributed by atoms with Crippen LogP contribution in [0.5, 0.6) is 0 Å². The quantitative estimate of drug-likeness (QED) is 0.663. The summed E-state index contributed by atoms with van der Waals surface area (Å²) in [7, 11) is 2.14. The van der Waals surface area contributed by atoms with Gasteiger partial charge in [0.05, 0.1) is 6.54 Å². The zero-order chi connectivity index (χ0) is 10.1. The first kappa shape index (κ1) is 10.4. The van der Waals surface area contributed by atoms with Gasteiger partial charge in [-0.3, -0.25) is 5.01 Å². The van der Waals surface area contributed by atoms with Crippen molar-refractivity contribution in [2.24, 2.45) is 0 Å². The molecule has 0 spiro atoms. The smallest absolute Gasteiger partial charge is 0.112 e. The van der Waals surface area contributed by atoms with Gasteiger partial charge in [0.1, 0.15) is 5.82 Å². The normalized spacial score (nSPS) is 21.4. The highest BCUT2D eigenvalue weighted by molar-refractivity contribution is 5.01. The summed E-state index contributed by atoms with van der Waals surface area (Å²) in [5.41, 5.74) is 0.181. The number of nitrogens with one attached hydrogen (secondary N) is 1. The van der Waals surface area contributed by atoms with Gasteiger partial charge in [-0.15, -0.1) is 0 Å². The number of hydrogen-bond donors (Lipinski definition) is 1. The largest absolute Gasteiger partial charge is 0.369 e. The molecule has 1 N–H and O–H groups in total. The third-order valence-electron chi connectivity index (χ3n) is 2.51. The molecule has 0 atom stereocenters. The van der Waals surface area contributed by atoms with Crippen LogP contribution in [-0.2, 0) is 0 Å². The van der Waals surface area contributed by atoms with E-state index in [1.165, 1.54) is 5.82 Å². The highest BCUT2D eigenvalue weighted by atomic mass is 15.7. The summed E-state index contributed by atoms with van der Waals surface area (Å²) in [5.74, 6) is 1.22. The minimum Gasteiger partial charge on any atom is -0.369 e. The van der Waals surface area contributed by atoms with Crippen molar-refractivity contribution < 1.29 is 0 Å². The number of hydrogen-bond acceptors (Lipinski definition) is 3. The standard InChI is InChI=1S/C10H21N3/c1-6-9-11-7-8-13(9)12(5)10(2,3)4/h6,11H,7-8H2,1-5H3/b9-6-. The van der Waals surface area contributed by atoms with Crippen molar-refractivity contribution in [2.45, 2.75) is 33.2 Å². The molecule has 0 aliphatic carbocycles. The van der Waals surface area contributed by atoms with E-state index in [9.17, 15) is 0 Å². The van der Waals surface area contributed by atoms with Crippen molar-refractivity contribution in [3.63, 3.8) is 0 Å². The fourth-order valence-electron chi connectivity index (χ4n) is 1.43. The lowest BCUT2D eigenvalue weighted by molar-refractivity contribution is -0.0276. The van der Waals surface area contributed by atoms with Gasteiger partial charge in [0.25, 0.3) is 0 Å². The van der Waals surface area contributed by atoms with Gasteiger partial charge in [0, 0.05) is 19.1 Å². The summed E-state index contributed by atoms with van der Waals surface area (Å²) in [6.07, 6.45) is 2.12. The maximum absolute atomic E-state index is 3.35. The molecule has 1 fully saturated rings. The minimum atomic E-state index is 0.181. The van der Waals surface area contributed by atoms with Crippen LogP contribution in [0, 0.1) is 0 Å². The van der Waals surface area contributed by atoms with Gasteiger partial charge in [-0.1, -0.05) is 0 Å². The number of nitrogens with zero attached hydrogens (tertiary/aromatic N) is 2. The second-order valence-electron chi connectivity index (χ2n) is 4.42. The molecule has 0 bridgehead atoms. The minimum absolute atomic E-state index is 0.181. The summed E-state index contributed by atoms with van der Waals surface area (Å²) >= 11 is 0. The molecule has 3 heteroatoms. The van der Waals surface area contributed by atoms with Crippen LogP contribution in [0.15, 0.2) is 11.9 Å². The summed E-state index contributed by atoms with van der Waals surface area (Å²) in [6, 6.07) is 0. The Morgan fingerprint density at radius 3 is 2.54 bits per heavy atom. The second kappa shape index (κ2) is 3.58. The van der Waals surface area contributed by atoms with Gasteiger partial charge in [-0.2, -0.15) is 0 Å². The first-order chi connectivity index (χ1) is 5.96. The van der Waals surface area contributed by atoms with Gasteiger partial charge in [0.2, 0.25) is 0 Å². The topological polar surface area (TPSA) is 18.5 Å². The van der Waals surface area contributed by atoms with E-state index in [-0.39, 0.29) is 5.54 Å². The Bertz CT molecular complexity index is 203. The Labute approximate surface area is 81.4 Å². The highest BCUT2D eigenvalue weighted by Crippen LogP contribution is 2.18. The van der Waals surface area contributed by atoms with Crippen molar-refractivity contribution in [1.82, 2.24) is 15.3 Å². The Kier molecular flexibility index (Phi) is 2.86. The van der Waals surface area contributed by atoms with E-state index < -0.39 is 0 Å². The highest BCUT2D eigenvalue weighted by Gasteiger charge is 2.27. The van der Waals surface area contributed by atoms with Crippen LogP contribution >= 0.6 is 0 Å². The molecule has 76 valence electrons. The maximum Gasteiger partial charge on any atom is 0.112 e. The summed E-state index contributed by atoms with van der Waals surface area (Å²) in [5, 5.41) is 7.93. The summed E-state index contributed by atoms with van der Waals surface area (Å²) in [4.78, 5) is 0. The lowest BCUT2D eigenvalue weighted by atomic mass is 10.1. The monoisotopic (exact) mass is 183 g/mol. The van der Waals surface area contributed by atoms with Gasteiger partial charge in [-0.25, -0.2) is 5.01 Å². The van der Waals surface area contributed by atoms with Crippen LogP contribution in [0.4, 0.5) is 0 Å². The summed E-state index contributed by atoms with van der Waals surface area (Å²) in [6.45, 7) is 10.8. The fraction of sp³-hybridized carbons (Fsp3) is 0.800. The molecule has 0 aromatic rings. The second-order valence-corrected chi connectivity index (χ2v) is 4.42. The molecule has 1 saturated heterocycles. The van der Waals surface area contributed by atoms with Crippen LogP contribution in [0.2, 0.25) is 0 Å². The van der Waals surface area contributed by atoms with E-state index in [1.54, 1.807) is 0 Å². The van der Waals surface area contributed by atoms with Crippen LogP contribution in [0.25, 0.3) is 0 Å². The molecule has 1 aliphatic heterocycles. The third-order valence-corrected chi connectivity index (χ3v) is 2.51. The van der Waals surface area contributed by atoms with Gasteiger partial charge in [-0.05, 0) is 33.8 Å². The predicted octanol–water partition coefficient (Wildman–Crippen LogP) is 1.40. The molecular weight excluding hydrogens is 162 g/mol. The molecule has 0 saturated carbocycles. The van der Waals surface area contributed by atoms with Crippen molar-refractivity contribution in [1.29, 1.82) is 0 Å². The molecule has 1 aliphatic rings. The maximum atomic E-state index is 3.35. The van der Waals surface area contributed by atoms with Crippen molar-refractivity contribution >= 4 is 0 Å². The van der Waals surface area contributed by atoms with Crippen molar-refractivity contribution in [3.05, 3.63) is 11.9 Å². The van der Waals surface area contributed by atoms with E-state index >= 15 is 0 Å². The molecular formula is C10H21N3. The van der Waals surface area contributed by atoms with Crippen LogP contribution in [0.1, 0.15) is 27.7 Å². The third kappa shape index (κ3) is 2.15. The molecule has 1 rings (SSSR count). The Morgan fingerprint density at radius 2 is 2.08 bits per heavy atom. The molecule has 0 unspecified atom stereocenters. The Hall–Kier alpha value is -0.700. The van der Waals surface area contributed by atoms with Crippen LogP contribution in [-0.4, -0.2) is 35.7 Å². The SMILES string of the molecule is C/C=C1/NCCN1N(C)C(C)(C)C. The molecule has 1 heterocycles. The van der Waals surface area contributed by atoms with Crippen molar-refractivity contribution in [2.75, 3.05) is 20.1 Å². The van der Waals surface area contributed by atoms with Gasteiger partial charge >= 0.3 is 0 Å². The van der Waals surface area contributed by atoms with Gasteiger partial charge in [0.15, 0.2) is 0 Å². The predicted molar refractivity (Wildman–Crippen MR) is 56.0 cm³/mol. The average molecular weight is 183 g/mol. The average Bonchev–Trinajstić information content (AvgIpc) is 2.48. The molecule has 0 radical (unpaired) electrons. The summed E-state index contributed by atoms with van der Waals surface area (Å²) < 4.78 is 0. The van der Waals surface area contributed by atoms with Crippen LogP contribution in [0.3, 0.4) is 0 Å². The Morgan fingerprint density at radius 1 is 1.46 bits per heavy atom. The Balaban J connectivity index is 2.72. The first-order valence-electron chi connectivity index (χ1n) is 4.88. The lowest BCUT2D eigenvalue weighted by Gasteiger charge is -2.40. The zero-order valence-corrected chi connectivity index (χ0v) is 9.39. The molecule has 0 amide bonds. The van der Waals surface area contributed by atoms with Gasteiger partial charge < -0.3 is 5.32 Å². The zero-order valence-electron chi connectivity index (χ0n) is 9.39. The lowest BCUT2D eigenvalue weighted by Crippen LogP contribution is -2.48. The van der Waals surface area contributed by atoms with E-state index in [1.807, 2.05) is 0 Å². The number of rotatable bonds is 1. The van der Waals surface area contributed by atoms with E-state index in [4.69, 9.17) is 0 Å². The van der Waals surface area contributed by atoms with E-state index in [0.29, 0.717) is 0 Å². The fourth-order valence-corrected chi connectivity index (χ4v) is 1.43. The molecule has 13 heavy (non-hydrogen) atoms. The number of hydrazine groups is 1. The van der Waals surface area contributed by atoms with Crippen molar-refractivity contribution in [3.8, 4) is 0 Å².